The van der Waals surface area contributed by atoms with Crippen molar-refractivity contribution in [2.45, 2.75) is 19.3 Å². The van der Waals surface area contributed by atoms with Gasteiger partial charge in [0.15, 0.2) is 11.5 Å². The molecule has 1 atom stereocenters. The molecular formula is C25H27NO6. The number of carbonyl (C=O) groups is 1. The molecule has 0 bridgehead atoms. The molecule has 0 heterocycles. The van der Waals surface area contributed by atoms with Crippen LogP contribution in [0.3, 0.4) is 0 Å². The van der Waals surface area contributed by atoms with Crippen molar-refractivity contribution < 1.29 is 29.2 Å². The molecule has 7 nitrogen and oxygen atoms in total. The third-order valence-corrected chi connectivity index (χ3v) is 4.49. The summed E-state index contributed by atoms with van der Waals surface area (Å²) in [5, 5.41) is 21.3. The molecule has 0 amide bonds. The summed E-state index contributed by atoms with van der Waals surface area (Å²) in [6, 6.07) is 24.9. The molecule has 1 unspecified atom stereocenters. The largest absolute Gasteiger partial charge is 0.491 e. The van der Waals surface area contributed by atoms with E-state index in [1.807, 2.05) is 60.7 Å². The molecule has 168 valence electrons. The van der Waals surface area contributed by atoms with Crippen LogP contribution >= 0.6 is 0 Å². The van der Waals surface area contributed by atoms with Crippen LogP contribution in [0.4, 0.5) is 0 Å². The highest BCUT2D eigenvalue weighted by Crippen LogP contribution is 2.33. The number of nitrogens with one attached hydrogen (secondary N) is 1. The molecule has 0 fully saturated rings. The van der Waals surface area contributed by atoms with Crippen LogP contribution < -0.4 is 19.5 Å². The van der Waals surface area contributed by atoms with Crippen LogP contribution in [-0.4, -0.2) is 42.0 Å². The predicted octanol–water partition coefficient (Wildman–Crippen LogP) is 3.26. The van der Waals surface area contributed by atoms with Crippen LogP contribution in [-0.2, 0) is 18.0 Å². The highest BCUT2D eigenvalue weighted by atomic mass is 16.5. The lowest BCUT2D eigenvalue weighted by Gasteiger charge is -2.16. The number of carboxylic acid groups (broad SMARTS) is 1. The van der Waals surface area contributed by atoms with Crippen LogP contribution in [0.15, 0.2) is 78.9 Å². The number of benzene rings is 3. The van der Waals surface area contributed by atoms with Gasteiger partial charge in [-0.1, -0.05) is 60.7 Å². The van der Waals surface area contributed by atoms with Crippen molar-refractivity contribution in [3.05, 3.63) is 90.0 Å². The van der Waals surface area contributed by atoms with Crippen molar-refractivity contribution in [3.8, 4) is 17.2 Å². The lowest BCUT2D eigenvalue weighted by atomic mass is 10.2. The Labute approximate surface area is 187 Å². The van der Waals surface area contributed by atoms with Gasteiger partial charge in [-0.15, -0.1) is 0 Å². The fourth-order valence-electron chi connectivity index (χ4n) is 2.88. The number of hydrogen-bond acceptors (Lipinski definition) is 6. The van der Waals surface area contributed by atoms with Gasteiger partial charge in [0.05, 0.1) is 6.54 Å². The summed E-state index contributed by atoms with van der Waals surface area (Å²) in [5.74, 6) is 0.642. The van der Waals surface area contributed by atoms with Crippen molar-refractivity contribution in [1.29, 1.82) is 0 Å². The molecule has 32 heavy (non-hydrogen) atoms. The Balaban J connectivity index is 1.63. The smallest absolute Gasteiger partial charge is 0.317 e. The summed E-state index contributed by atoms with van der Waals surface area (Å²) in [6.45, 7) is 0.670. The average molecular weight is 437 g/mol. The van der Waals surface area contributed by atoms with Gasteiger partial charge in [-0.3, -0.25) is 4.79 Å². The predicted molar refractivity (Wildman–Crippen MR) is 120 cm³/mol. The second-order valence-corrected chi connectivity index (χ2v) is 7.15. The molecule has 0 aliphatic carbocycles. The lowest BCUT2D eigenvalue weighted by Crippen LogP contribution is -2.34. The van der Waals surface area contributed by atoms with Gasteiger partial charge < -0.3 is 29.7 Å². The van der Waals surface area contributed by atoms with Gasteiger partial charge in [0.25, 0.3) is 0 Å². The van der Waals surface area contributed by atoms with Gasteiger partial charge in [-0.25, -0.2) is 0 Å². The summed E-state index contributed by atoms with van der Waals surface area (Å²) in [6.07, 6.45) is -0.850. The molecule has 7 heteroatoms. The monoisotopic (exact) mass is 437 g/mol. The van der Waals surface area contributed by atoms with Gasteiger partial charge in [0.1, 0.15) is 31.7 Å². The highest BCUT2D eigenvalue weighted by molar-refractivity contribution is 5.68. The first-order valence-corrected chi connectivity index (χ1v) is 10.3. The maximum Gasteiger partial charge on any atom is 0.317 e. The van der Waals surface area contributed by atoms with Gasteiger partial charge >= 0.3 is 5.97 Å². The summed E-state index contributed by atoms with van der Waals surface area (Å²) in [4.78, 5) is 10.5. The quantitative estimate of drug-likeness (QED) is 0.378. The molecule has 0 spiro atoms. The molecule has 3 N–H and O–H groups in total. The number of rotatable bonds is 13. The molecule has 3 aromatic carbocycles. The third kappa shape index (κ3) is 7.94. The number of aliphatic hydroxyl groups excluding tert-OH is 1. The van der Waals surface area contributed by atoms with Crippen molar-refractivity contribution >= 4 is 5.97 Å². The van der Waals surface area contributed by atoms with E-state index in [0.717, 1.165) is 11.1 Å². The van der Waals surface area contributed by atoms with E-state index < -0.39 is 12.1 Å². The van der Waals surface area contributed by atoms with Crippen molar-refractivity contribution in [3.63, 3.8) is 0 Å². The fraction of sp³-hybridized carbons (Fsp3) is 0.240. The van der Waals surface area contributed by atoms with Crippen LogP contribution in [0, 0.1) is 0 Å². The normalized spacial score (nSPS) is 11.5. The fourth-order valence-corrected chi connectivity index (χ4v) is 2.88. The molecule has 0 aliphatic rings. The number of carboxylic acids is 1. The Kier molecular flexibility index (Phi) is 8.92. The third-order valence-electron chi connectivity index (χ3n) is 4.49. The molecule has 0 saturated heterocycles. The number of aliphatic carboxylic acids is 1. The molecule has 0 radical (unpaired) electrons. The van der Waals surface area contributed by atoms with Gasteiger partial charge in [-0.2, -0.15) is 0 Å². The van der Waals surface area contributed by atoms with Crippen LogP contribution in [0.1, 0.15) is 11.1 Å². The Morgan fingerprint density at radius 2 is 1.41 bits per heavy atom. The Hall–Kier alpha value is -3.55. The van der Waals surface area contributed by atoms with Gasteiger partial charge in [0, 0.05) is 12.6 Å². The van der Waals surface area contributed by atoms with Crippen LogP contribution in [0.5, 0.6) is 17.2 Å². The van der Waals surface area contributed by atoms with Crippen molar-refractivity contribution in [2.75, 3.05) is 19.7 Å². The van der Waals surface area contributed by atoms with Crippen molar-refractivity contribution in [1.82, 2.24) is 5.32 Å². The Morgan fingerprint density at radius 1 is 0.812 bits per heavy atom. The van der Waals surface area contributed by atoms with E-state index >= 15 is 0 Å². The van der Waals surface area contributed by atoms with E-state index in [4.69, 9.17) is 19.3 Å². The van der Waals surface area contributed by atoms with E-state index in [1.54, 1.807) is 18.2 Å². The molecule has 3 rings (SSSR count). The van der Waals surface area contributed by atoms with E-state index in [0.29, 0.717) is 30.5 Å². The zero-order chi connectivity index (χ0) is 22.6. The minimum Gasteiger partial charge on any atom is -0.491 e. The van der Waals surface area contributed by atoms with Gasteiger partial charge in [0.2, 0.25) is 0 Å². The molecule has 0 aromatic heterocycles. The van der Waals surface area contributed by atoms with Gasteiger partial charge in [-0.05, 0) is 23.3 Å². The standard InChI is InChI=1S/C25H27NO6/c27-21(14-26-15-25(28)29)18-30-22-11-12-23(31-16-19-7-3-1-4-8-19)24(13-22)32-17-20-9-5-2-6-10-20/h1-13,21,26-27H,14-18H2,(H,28,29). The summed E-state index contributed by atoms with van der Waals surface area (Å²) in [7, 11) is 0. The molecule has 3 aromatic rings. The zero-order valence-corrected chi connectivity index (χ0v) is 17.6. The van der Waals surface area contributed by atoms with Crippen LogP contribution in [0.2, 0.25) is 0 Å². The van der Waals surface area contributed by atoms with Crippen molar-refractivity contribution in [2.24, 2.45) is 0 Å². The van der Waals surface area contributed by atoms with E-state index in [9.17, 15) is 9.90 Å². The van der Waals surface area contributed by atoms with E-state index in [-0.39, 0.29) is 19.7 Å². The second kappa shape index (κ2) is 12.3. The summed E-state index contributed by atoms with van der Waals surface area (Å²) in [5.41, 5.74) is 2.06. The number of ether oxygens (including phenoxy) is 3. The maximum atomic E-state index is 10.5. The molecule has 0 aliphatic heterocycles. The van der Waals surface area contributed by atoms with E-state index in [1.165, 1.54) is 0 Å². The number of hydrogen-bond donors (Lipinski definition) is 3. The average Bonchev–Trinajstić information content (AvgIpc) is 2.81. The minimum absolute atomic E-state index is 0.00889. The minimum atomic E-state index is -0.982. The summed E-state index contributed by atoms with van der Waals surface area (Å²) < 4.78 is 17.6. The SMILES string of the molecule is O=C(O)CNCC(O)COc1ccc(OCc2ccccc2)c(OCc2ccccc2)c1. The molecular weight excluding hydrogens is 410 g/mol. The van der Waals surface area contributed by atoms with E-state index in [2.05, 4.69) is 5.32 Å². The van der Waals surface area contributed by atoms with Crippen LogP contribution in [0.25, 0.3) is 0 Å². The first kappa shape index (κ1) is 23.1. The highest BCUT2D eigenvalue weighted by Gasteiger charge is 2.11. The first-order valence-electron chi connectivity index (χ1n) is 10.3. The molecule has 0 saturated carbocycles. The maximum absolute atomic E-state index is 10.5. The Bertz CT molecular complexity index is 965. The topological polar surface area (TPSA) is 97.3 Å². The second-order valence-electron chi connectivity index (χ2n) is 7.15. The lowest BCUT2D eigenvalue weighted by molar-refractivity contribution is -0.136. The summed E-state index contributed by atoms with van der Waals surface area (Å²) >= 11 is 0. The number of aliphatic hydroxyl groups is 1. The Morgan fingerprint density at radius 3 is 2.00 bits per heavy atom. The first-order chi connectivity index (χ1) is 15.6. The zero-order valence-electron chi connectivity index (χ0n) is 17.6.